The predicted octanol–water partition coefficient (Wildman–Crippen LogP) is 2.97. The Morgan fingerprint density at radius 3 is 2.85 bits per heavy atom. The first-order valence-electron chi connectivity index (χ1n) is 9.88. The Bertz CT molecular complexity index is 1470. The van der Waals surface area contributed by atoms with E-state index in [0.29, 0.717) is 33.8 Å². The molecule has 0 bridgehead atoms. The van der Waals surface area contributed by atoms with E-state index in [1.807, 2.05) is 0 Å². The fourth-order valence-corrected chi connectivity index (χ4v) is 4.45. The first-order chi connectivity index (χ1) is 15.8. The molecule has 0 saturated carbocycles. The van der Waals surface area contributed by atoms with Crippen molar-refractivity contribution in [2.45, 2.75) is 19.5 Å². The number of rotatable bonds is 5. The monoisotopic (exact) mass is 528 g/mol. The molecule has 9 nitrogen and oxygen atoms in total. The number of ketones is 2. The van der Waals surface area contributed by atoms with Crippen LogP contribution in [0.15, 0.2) is 67.0 Å². The number of Topliss-reactive ketones (excluding diaryl/α,β-unsaturated/α-hetero) is 2. The van der Waals surface area contributed by atoms with Crippen LogP contribution in [-0.4, -0.2) is 37.4 Å². The Labute approximate surface area is 199 Å². The molecule has 11 heteroatoms. The van der Waals surface area contributed by atoms with Crippen LogP contribution in [0.4, 0.5) is 0 Å². The Morgan fingerprint density at radius 1 is 1.21 bits per heavy atom. The quantitative estimate of drug-likeness (QED) is 0.283. The molecular formula is C22H14BrClN4O5. The van der Waals surface area contributed by atoms with E-state index in [4.69, 9.17) is 16.0 Å². The lowest BCUT2D eigenvalue weighted by Gasteiger charge is -2.20. The Morgan fingerprint density at radius 2 is 2.03 bits per heavy atom. The average molecular weight is 530 g/mol. The van der Waals surface area contributed by atoms with Crippen LogP contribution in [0, 0.1) is 5.92 Å². The van der Waals surface area contributed by atoms with Gasteiger partial charge in [-0.15, -0.1) is 5.10 Å². The topological polar surface area (TPSA) is 115 Å². The zero-order valence-corrected chi connectivity index (χ0v) is 19.2. The molecule has 0 radical (unpaired) electrons. The second kappa shape index (κ2) is 8.20. The van der Waals surface area contributed by atoms with E-state index in [0.717, 1.165) is 4.47 Å². The summed E-state index contributed by atoms with van der Waals surface area (Å²) >= 11 is 9.31. The van der Waals surface area contributed by atoms with Crippen LogP contribution in [0.5, 0.6) is 0 Å². The van der Waals surface area contributed by atoms with E-state index < -0.39 is 29.0 Å². The second-order valence-electron chi connectivity index (χ2n) is 7.68. The summed E-state index contributed by atoms with van der Waals surface area (Å²) in [6.07, 6.45) is 5.11. The number of carbonyl (C=O) groups excluding carboxylic acids is 3. The van der Waals surface area contributed by atoms with E-state index in [1.54, 1.807) is 30.4 Å². The maximum absolute atomic E-state index is 12.7. The van der Waals surface area contributed by atoms with Crippen molar-refractivity contribution in [1.82, 2.24) is 19.9 Å². The van der Waals surface area contributed by atoms with Crippen molar-refractivity contribution in [2.24, 2.45) is 5.92 Å². The van der Waals surface area contributed by atoms with Crippen LogP contribution in [0.25, 0.3) is 11.0 Å². The van der Waals surface area contributed by atoms with E-state index >= 15 is 0 Å². The van der Waals surface area contributed by atoms with Crippen LogP contribution in [0.1, 0.15) is 22.5 Å². The SMILES string of the molecule is O=C(Cn1cc(CN2C(=O)C(=O)C3CC(Cl)=CC=C32)nn1)c1cc2ccc(Br)cc2oc1=O. The smallest absolute Gasteiger partial charge is 0.347 e. The maximum atomic E-state index is 12.7. The van der Waals surface area contributed by atoms with Gasteiger partial charge in [0.25, 0.3) is 5.91 Å². The lowest BCUT2D eigenvalue weighted by molar-refractivity contribution is -0.140. The summed E-state index contributed by atoms with van der Waals surface area (Å²) in [7, 11) is 0. The molecule has 1 aliphatic heterocycles. The summed E-state index contributed by atoms with van der Waals surface area (Å²) in [5.74, 6) is -2.21. The molecule has 1 atom stereocenters. The molecule has 2 aliphatic rings. The number of aromatic nitrogens is 3. The van der Waals surface area contributed by atoms with Gasteiger partial charge in [0, 0.05) is 20.6 Å². The van der Waals surface area contributed by atoms with Crippen LogP contribution in [0.2, 0.25) is 0 Å². The predicted molar refractivity (Wildman–Crippen MR) is 120 cm³/mol. The molecule has 0 spiro atoms. The molecule has 1 amide bonds. The van der Waals surface area contributed by atoms with Crippen molar-refractivity contribution in [2.75, 3.05) is 0 Å². The molecule has 1 unspecified atom stereocenters. The van der Waals surface area contributed by atoms with Crippen LogP contribution >= 0.6 is 27.5 Å². The van der Waals surface area contributed by atoms with Gasteiger partial charge in [-0.05, 0) is 36.8 Å². The number of benzene rings is 1. The Kier molecular flexibility index (Phi) is 5.34. The summed E-state index contributed by atoms with van der Waals surface area (Å²) in [6, 6.07) is 6.64. The molecule has 166 valence electrons. The number of halogens is 2. The summed E-state index contributed by atoms with van der Waals surface area (Å²) in [6.45, 7) is -0.212. The average Bonchev–Trinajstić information content (AvgIpc) is 3.31. The Balaban J connectivity index is 1.34. The lowest BCUT2D eigenvalue weighted by atomic mass is 9.96. The number of likely N-dealkylation sites (tertiary alicyclic amines) is 1. The number of amides is 1. The molecule has 5 rings (SSSR count). The largest absolute Gasteiger partial charge is 0.422 e. The Hall–Kier alpha value is -3.37. The number of allylic oxidation sites excluding steroid dienone is 4. The van der Waals surface area contributed by atoms with Crippen molar-refractivity contribution in [1.29, 1.82) is 0 Å². The van der Waals surface area contributed by atoms with Gasteiger partial charge < -0.3 is 9.32 Å². The third-order valence-corrected chi connectivity index (χ3v) is 6.26. The van der Waals surface area contributed by atoms with Crippen molar-refractivity contribution in [3.05, 3.63) is 79.5 Å². The highest BCUT2D eigenvalue weighted by molar-refractivity contribution is 9.10. The van der Waals surface area contributed by atoms with Gasteiger partial charge in [-0.3, -0.25) is 14.4 Å². The third-order valence-electron chi connectivity index (χ3n) is 5.49. The molecule has 33 heavy (non-hydrogen) atoms. The molecule has 3 aromatic rings. The molecule has 0 N–H and O–H groups in total. The van der Waals surface area contributed by atoms with Crippen molar-refractivity contribution in [3.63, 3.8) is 0 Å². The number of fused-ring (bicyclic) bond motifs is 2. The highest BCUT2D eigenvalue weighted by atomic mass is 79.9. The number of hydrogen-bond donors (Lipinski definition) is 0. The van der Waals surface area contributed by atoms with Crippen LogP contribution < -0.4 is 5.63 Å². The fraction of sp³-hybridized carbons (Fsp3) is 0.182. The first kappa shape index (κ1) is 21.5. The van der Waals surface area contributed by atoms with Gasteiger partial charge in [-0.2, -0.15) is 0 Å². The van der Waals surface area contributed by atoms with Gasteiger partial charge in [0.1, 0.15) is 23.4 Å². The van der Waals surface area contributed by atoms with E-state index in [9.17, 15) is 19.2 Å². The summed E-state index contributed by atoms with van der Waals surface area (Å²) < 4.78 is 7.28. The molecule has 1 fully saturated rings. The standard InChI is InChI=1S/C22H14BrClN4O5/c23-12-2-1-11-5-16(22(32)33-19(11)6-12)18(29)10-27-8-14(25-26-27)9-28-17-4-3-13(24)7-15(17)20(30)21(28)31/h1-6,8,15H,7,9-10H2. The minimum absolute atomic E-state index is 0.0273. The van der Waals surface area contributed by atoms with Gasteiger partial charge in [-0.1, -0.05) is 38.8 Å². The number of nitrogens with zero attached hydrogens (tertiary/aromatic N) is 4. The second-order valence-corrected chi connectivity index (χ2v) is 9.08. The number of hydrogen-bond acceptors (Lipinski definition) is 7. The minimum atomic E-state index is -0.742. The molecule has 1 aromatic carbocycles. The zero-order valence-electron chi connectivity index (χ0n) is 16.8. The minimum Gasteiger partial charge on any atom is -0.422 e. The third kappa shape index (κ3) is 3.96. The van der Waals surface area contributed by atoms with Crippen molar-refractivity contribution in [3.8, 4) is 0 Å². The summed E-state index contributed by atoms with van der Waals surface area (Å²) in [5, 5.41) is 9.05. The van der Waals surface area contributed by atoms with Gasteiger partial charge >= 0.3 is 5.63 Å². The van der Waals surface area contributed by atoms with Gasteiger partial charge in [0.05, 0.1) is 18.7 Å². The van der Waals surface area contributed by atoms with Crippen molar-refractivity contribution >= 4 is 56.0 Å². The highest BCUT2D eigenvalue weighted by Gasteiger charge is 2.44. The van der Waals surface area contributed by atoms with Crippen molar-refractivity contribution < 1.29 is 18.8 Å². The van der Waals surface area contributed by atoms with E-state index in [-0.39, 0.29) is 18.7 Å². The normalized spacial score (nSPS) is 17.9. The summed E-state index contributed by atoms with van der Waals surface area (Å²) in [5.41, 5.74) is 0.488. The first-order valence-corrected chi connectivity index (χ1v) is 11.0. The zero-order chi connectivity index (χ0) is 23.3. The molecule has 1 aliphatic carbocycles. The van der Waals surface area contributed by atoms with Gasteiger partial charge in [0.2, 0.25) is 5.78 Å². The van der Waals surface area contributed by atoms with Gasteiger partial charge in [0.15, 0.2) is 5.78 Å². The van der Waals surface area contributed by atoms with Crippen LogP contribution in [-0.2, 0) is 22.7 Å². The molecule has 3 heterocycles. The van der Waals surface area contributed by atoms with Crippen LogP contribution in [0.3, 0.4) is 0 Å². The lowest BCUT2D eigenvalue weighted by Crippen LogP contribution is -2.26. The molecule has 2 aromatic heterocycles. The number of carbonyl (C=O) groups is 3. The maximum Gasteiger partial charge on any atom is 0.347 e. The fourth-order valence-electron chi connectivity index (χ4n) is 3.89. The molecular weight excluding hydrogens is 516 g/mol. The summed E-state index contributed by atoms with van der Waals surface area (Å²) in [4.78, 5) is 51.1. The van der Waals surface area contributed by atoms with Gasteiger partial charge in [-0.25, -0.2) is 9.48 Å². The van der Waals surface area contributed by atoms with E-state index in [2.05, 4.69) is 26.2 Å². The van der Waals surface area contributed by atoms with E-state index in [1.165, 1.54) is 21.8 Å². The highest BCUT2D eigenvalue weighted by Crippen LogP contribution is 2.36. The molecule has 1 saturated heterocycles.